The fraction of sp³-hybridized carbons (Fsp3) is 0.200. The molecular weight excluding hydrogens is 330 g/mol. The van der Waals surface area contributed by atoms with Gasteiger partial charge in [0, 0.05) is 24.6 Å². The molecule has 0 saturated heterocycles. The van der Waals surface area contributed by atoms with E-state index < -0.39 is 12.1 Å². The van der Waals surface area contributed by atoms with Crippen LogP contribution in [0.3, 0.4) is 0 Å². The first-order chi connectivity index (χ1) is 12.6. The number of nitrogens with zero attached hydrogens (tertiary/aromatic N) is 3. The number of carbonyl (C=O) groups is 2. The maximum atomic E-state index is 12.7. The second kappa shape index (κ2) is 6.55. The minimum absolute atomic E-state index is 0.219. The van der Waals surface area contributed by atoms with Gasteiger partial charge in [0.1, 0.15) is 0 Å². The summed E-state index contributed by atoms with van der Waals surface area (Å²) in [6, 6.07) is 12.7. The Morgan fingerprint density at radius 3 is 2.69 bits per heavy atom. The number of carbonyl (C=O) groups excluding carboxylic acids is 2. The highest BCUT2D eigenvalue weighted by molar-refractivity contribution is 6.01. The fourth-order valence-corrected chi connectivity index (χ4v) is 3.16. The molecule has 1 aliphatic heterocycles. The summed E-state index contributed by atoms with van der Waals surface area (Å²) in [6.45, 7) is 2.20. The number of hydrogen-bond acceptors (Lipinski definition) is 5. The maximum Gasteiger partial charge on any atom is 0.338 e. The SMILES string of the molecule is C[C@H](OC(=O)c1ccc2nccnc2c1)C(=O)N1CCc2ccccc21. The number of para-hydroxylation sites is 1. The molecule has 0 spiro atoms. The quantitative estimate of drug-likeness (QED) is 0.681. The summed E-state index contributed by atoms with van der Waals surface area (Å²) >= 11 is 0. The van der Waals surface area contributed by atoms with E-state index in [0.717, 1.165) is 17.7 Å². The molecule has 3 aromatic rings. The lowest BCUT2D eigenvalue weighted by Crippen LogP contribution is -2.39. The van der Waals surface area contributed by atoms with Crippen LogP contribution in [0, 0.1) is 0 Å². The standard InChI is InChI=1S/C20H17N3O3/c1-13(19(24)23-11-8-14-4-2-3-5-18(14)23)26-20(25)15-6-7-16-17(12-15)22-10-9-21-16/h2-7,9-10,12-13H,8,11H2,1H3/t13-/m0/s1. The summed E-state index contributed by atoms with van der Waals surface area (Å²) in [5.41, 5.74) is 3.67. The molecule has 0 saturated carbocycles. The number of fused-ring (bicyclic) bond motifs is 2. The van der Waals surface area contributed by atoms with Gasteiger partial charge in [-0.2, -0.15) is 0 Å². The van der Waals surface area contributed by atoms with Crippen molar-refractivity contribution < 1.29 is 14.3 Å². The van der Waals surface area contributed by atoms with E-state index in [1.807, 2.05) is 24.3 Å². The molecule has 0 radical (unpaired) electrons. The van der Waals surface area contributed by atoms with Crippen molar-refractivity contribution in [1.82, 2.24) is 9.97 Å². The van der Waals surface area contributed by atoms with Crippen LogP contribution in [0.25, 0.3) is 11.0 Å². The molecule has 1 atom stereocenters. The van der Waals surface area contributed by atoms with Gasteiger partial charge < -0.3 is 9.64 Å². The second-order valence-electron chi connectivity index (χ2n) is 6.18. The van der Waals surface area contributed by atoms with Crippen LogP contribution in [0.15, 0.2) is 54.9 Å². The van der Waals surface area contributed by atoms with E-state index in [4.69, 9.17) is 4.74 Å². The van der Waals surface area contributed by atoms with Gasteiger partial charge >= 0.3 is 5.97 Å². The van der Waals surface area contributed by atoms with Crippen LogP contribution in [0.5, 0.6) is 0 Å². The van der Waals surface area contributed by atoms with Gasteiger partial charge in [0.25, 0.3) is 5.91 Å². The van der Waals surface area contributed by atoms with Crippen molar-refractivity contribution in [3.05, 3.63) is 66.0 Å². The zero-order valence-electron chi connectivity index (χ0n) is 14.3. The fourth-order valence-electron chi connectivity index (χ4n) is 3.16. The molecule has 0 aliphatic carbocycles. The van der Waals surface area contributed by atoms with Crippen molar-refractivity contribution in [2.45, 2.75) is 19.4 Å². The lowest BCUT2D eigenvalue weighted by atomic mass is 10.2. The molecule has 2 aromatic carbocycles. The number of hydrogen-bond donors (Lipinski definition) is 0. The summed E-state index contributed by atoms with van der Waals surface area (Å²) in [5, 5.41) is 0. The van der Waals surface area contributed by atoms with Gasteiger partial charge in [-0.05, 0) is 43.2 Å². The highest BCUT2D eigenvalue weighted by Gasteiger charge is 2.30. The predicted molar refractivity (Wildman–Crippen MR) is 96.9 cm³/mol. The number of amides is 1. The molecule has 130 valence electrons. The molecular formula is C20H17N3O3. The lowest BCUT2D eigenvalue weighted by molar-refractivity contribution is -0.126. The van der Waals surface area contributed by atoms with Crippen molar-refractivity contribution >= 4 is 28.6 Å². The van der Waals surface area contributed by atoms with Crippen molar-refractivity contribution in [3.63, 3.8) is 0 Å². The maximum absolute atomic E-state index is 12.7. The van der Waals surface area contributed by atoms with Crippen molar-refractivity contribution in [1.29, 1.82) is 0 Å². The van der Waals surface area contributed by atoms with Crippen LogP contribution in [-0.2, 0) is 16.0 Å². The summed E-state index contributed by atoms with van der Waals surface area (Å²) < 4.78 is 5.40. The number of aromatic nitrogens is 2. The molecule has 0 N–H and O–H groups in total. The Hall–Kier alpha value is -3.28. The molecule has 26 heavy (non-hydrogen) atoms. The Labute approximate surface area is 150 Å². The molecule has 1 aliphatic rings. The molecule has 0 fully saturated rings. The van der Waals surface area contributed by atoms with E-state index in [9.17, 15) is 9.59 Å². The highest BCUT2D eigenvalue weighted by atomic mass is 16.5. The Bertz CT molecular complexity index is 1000. The average molecular weight is 347 g/mol. The van der Waals surface area contributed by atoms with Crippen LogP contribution in [0.4, 0.5) is 5.69 Å². The molecule has 0 unspecified atom stereocenters. The summed E-state index contributed by atoms with van der Waals surface area (Å²) in [6.07, 6.45) is 3.10. The van der Waals surface area contributed by atoms with E-state index in [-0.39, 0.29) is 5.91 Å². The van der Waals surface area contributed by atoms with Gasteiger partial charge in [-0.15, -0.1) is 0 Å². The van der Waals surface area contributed by atoms with E-state index in [1.165, 1.54) is 0 Å². The Kier molecular flexibility index (Phi) is 4.08. The van der Waals surface area contributed by atoms with Crippen molar-refractivity contribution in [2.75, 3.05) is 11.4 Å². The van der Waals surface area contributed by atoms with Gasteiger partial charge in [0.15, 0.2) is 6.10 Å². The monoisotopic (exact) mass is 347 g/mol. The molecule has 1 amide bonds. The predicted octanol–water partition coefficient (Wildman–Crippen LogP) is 2.76. The summed E-state index contributed by atoms with van der Waals surface area (Å²) in [5.74, 6) is -0.769. The van der Waals surface area contributed by atoms with Crippen molar-refractivity contribution in [3.8, 4) is 0 Å². The molecule has 6 nitrogen and oxygen atoms in total. The first kappa shape index (κ1) is 16.2. The number of anilines is 1. The van der Waals surface area contributed by atoms with E-state index in [2.05, 4.69) is 9.97 Å². The number of rotatable bonds is 3. The van der Waals surface area contributed by atoms with E-state index in [0.29, 0.717) is 23.1 Å². The smallest absolute Gasteiger partial charge is 0.338 e. The molecule has 1 aromatic heterocycles. The third-order valence-corrected chi connectivity index (χ3v) is 4.49. The van der Waals surface area contributed by atoms with Crippen LogP contribution in [0.2, 0.25) is 0 Å². The first-order valence-electron chi connectivity index (χ1n) is 8.44. The normalized spacial score (nSPS) is 14.1. The molecule has 0 bridgehead atoms. The van der Waals surface area contributed by atoms with Gasteiger partial charge in [0.05, 0.1) is 16.6 Å². The largest absolute Gasteiger partial charge is 0.449 e. The number of benzene rings is 2. The van der Waals surface area contributed by atoms with E-state index in [1.54, 1.807) is 42.4 Å². The van der Waals surface area contributed by atoms with E-state index >= 15 is 0 Å². The van der Waals surface area contributed by atoms with Gasteiger partial charge in [0.2, 0.25) is 0 Å². The van der Waals surface area contributed by atoms with Crippen LogP contribution in [0.1, 0.15) is 22.8 Å². The number of ether oxygens (including phenoxy) is 1. The third kappa shape index (κ3) is 2.90. The molecule has 6 heteroatoms. The zero-order chi connectivity index (χ0) is 18.1. The lowest BCUT2D eigenvalue weighted by Gasteiger charge is -2.21. The number of esters is 1. The zero-order valence-corrected chi connectivity index (χ0v) is 14.3. The van der Waals surface area contributed by atoms with Gasteiger partial charge in [-0.25, -0.2) is 4.79 Å². The third-order valence-electron chi connectivity index (χ3n) is 4.49. The molecule has 2 heterocycles. The Morgan fingerprint density at radius 1 is 1.08 bits per heavy atom. The molecule has 4 rings (SSSR count). The Morgan fingerprint density at radius 2 is 1.85 bits per heavy atom. The van der Waals surface area contributed by atoms with Gasteiger partial charge in [-0.3, -0.25) is 14.8 Å². The van der Waals surface area contributed by atoms with Crippen LogP contribution in [-0.4, -0.2) is 34.5 Å². The van der Waals surface area contributed by atoms with Crippen molar-refractivity contribution in [2.24, 2.45) is 0 Å². The second-order valence-corrected chi connectivity index (χ2v) is 6.18. The summed E-state index contributed by atoms with van der Waals surface area (Å²) in [4.78, 5) is 35.2. The van der Waals surface area contributed by atoms with Gasteiger partial charge in [-0.1, -0.05) is 18.2 Å². The minimum atomic E-state index is -0.869. The topological polar surface area (TPSA) is 72.4 Å². The first-order valence-corrected chi connectivity index (χ1v) is 8.44. The van der Waals surface area contributed by atoms with Crippen LogP contribution >= 0.6 is 0 Å². The highest BCUT2D eigenvalue weighted by Crippen LogP contribution is 2.28. The minimum Gasteiger partial charge on any atom is -0.449 e. The summed E-state index contributed by atoms with van der Waals surface area (Å²) in [7, 11) is 0. The average Bonchev–Trinajstić information content (AvgIpc) is 3.11. The van der Waals surface area contributed by atoms with Crippen LogP contribution < -0.4 is 4.90 Å². The Balaban J connectivity index is 1.49.